The predicted octanol–water partition coefficient (Wildman–Crippen LogP) is 10.0. The second-order valence-corrected chi connectivity index (χ2v) is 14.0. The number of unbranched alkanes of at least 4 members (excludes halogenated alkanes) is 22. The molecule has 0 fully saturated rings. The van der Waals surface area contributed by atoms with Crippen LogP contribution in [-0.4, -0.2) is 41.9 Å². The van der Waals surface area contributed by atoms with Crippen LogP contribution in [0.5, 0.6) is 0 Å². The van der Waals surface area contributed by atoms with Crippen LogP contribution in [0.1, 0.15) is 181 Å². The van der Waals surface area contributed by atoms with Crippen LogP contribution in [0.25, 0.3) is 0 Å². The van der Waals surface area contributed by atoms with E-state index in [-0.39, 0.29) is 5.91 Å². The fourth-order valence-corrected chi connectivity index (χ4v) is 6.13. The Kier molecular flexibility index (Phi) is 30.0. The van der Waals surface area contributed by atoms with Crippen molar-refractivity contribution in [2.24, 2.45) is 0 Å². The number of hydrogen-bond acceptors (Lipinski definition) is 4. The summed E-state index contributed by atoms with van der Waals surface area (Å²) in [5.74, 6) is -0.997. The number of amides is 1. The third-order valence-electron chi connectivity index (χ3n) is 8.13. The number of aliphatic hydroxyl groups is 1. The maximum Gasteiger partial charge on any atom is 0.267 e. The second kappa shape index (κ2) is 30.8. The third-order valence-corrected chi connectivity index (χ3v) is 8.91. The highest BCUT2D eigenvalue weighted by atomic mass is 32.2. The molecule has 0 rings (SSSR count). The van der Waals surface area contributed by atoms with Crippen LogP contribution < -0.4 is 5.32 Å². The Bertz CT molecular complexity index is 781. The predicted molar refractivity (Wildman–Crippen MR) is 184 cm³/mol. The fourth-order valence-electron chi connectivity index (χ4n) is 5.39. The minimum absolute atomic E-state index is 0.289. The maximum atomic E-state index is 12.4. The van der Waals surface area contributed by atoms with Crippen LogP contribution in [0.4, 0.5) is 0 Å². The lowest BCUT2D eigenvalue weighted by atomic mass is 10.0. The van der Waals surface area contributed by atoms with Crippen molar-refractivity contribution >= 4 is 16.0 Å². The molecule has 7 heteroatoms. The molecule has 0 spiro atoms. The normalized spacial score (nSPS) is 13.7. The zero-order chi connectivity index (χ0) is 31.9. The molecule has 0 saturated heterocycles. The van der Waals surface area contributed by atoms with Gasteiger partial charge in [0.1, 0.15) is 0 Å². The molecule has 0 bridgehead atoms. The van der Waals surface area contributed by atoms with E-state index in [0.717, 1.165) is 38.5 Å². The van der Waals surface area contributed by atoms with Gasteiger partial charge < -0.3 is 10.4 Å². The number of carbonyl (C=O) groups is 1. The fraction of sp³-hybridized carbons (Fsp3) is 0.861. The molecule has 0 aromatic rings. The Labute approximate surface area is 266 Å². The van der Waals surface area contributed by atoms with Gasteiger partial charge in [0.2, 0.25) is 5.91 Å². The standard InChI is InChI=1S/C36H69NO5S/c1-3-5-7-9-11-13-14-15-16-17-18-19-20-21-22-23-24-26-28-30-32-36(39)37-34(33-43(40,41)42)35(38)31-29-27-25-12-10-8-6-4-2/h10,12,29,31,34-35,38H,3-9,11,13-28,30,32-33H2,1-2H3,(H,37,39)(H,40,41,42)/b12-10+,31-29+. The van der Waals surface area contributed by atoms with E-state index in [1.165, 1.54) is 122 Å². The van der Waals surface area contributed by atoms with Gasteiger partial charge >= 0.3 is 0 Å². The van der Waals surface area contributed by atoms with Crippen LogP contribution in [0.2, 0.25) is 0 Å². The molecular formula is C36H69NO5S. The largest absolute Gasteiger partial charge is 0.387 e. The van der Waals surface area contributed by atoms with E-state index in [1.54, 1.807) is 6.08 Å². The molecule has 0 radical (unpaired) electrons. The number of carbonyl (C=O) groups excluding carboxylic acids is 1. The van der Waals surface area contributed by atoms with Crippen LogP contribution in [0.3, 0.4) is 0 Å². The lowest BCUT2D eigenvalue weighted by molar-refractivity contribution is -0.122. The average molecular weight is 628 g/mol. The van der Waals surface area contributed by atoms with Crippen molar-refractivity contribution in [3.05, 3.63) is 24.3 Å². The zero-order valence-corrected chi connectivity index (χ0v) is 28.9. The second-order valence-electron chi connectivity index (χ2n) is 12.5. The lowest BCUT2D eigenvalue weighted by Crippen LogP contribution is -2.46. The van der Waals surface area contributed by atoms with Crippen LogP contribution >= 0.6 is 0 Å². The first-order chi connectivity index (χ1) is 20.8. The molecule has 6 nitrogen and oxygen atoms in total. The summed E-state index contributed by atoms with van der Waals surface area (Å²) < 4.78 is 32.2. The summed E-state index contributed by atoms with van der Waals surface area (Å²) in [6, 6.07) is -1.07. The maximum absolute atomic E-state index is 12.4. The van der Waals surface area contributed by atoms with Gasteiger partial charge in [0, 0.05) is 6.42 Å². The van der Waals surface area contributed by atoms with Gasteiger partial charge in [-0.15, -0.1) is 0 Å². The Morgan fingerprint density at radius 1 is 0.605 bits per heavy atom. The molecule has 2 atom stereocenters. The van der Waals surface area contributed by atoms with Crippen molar-refractivity contribution in [3.8, 4) is 0 Å². The van der Waals surface area contributed by atoms with Crippen LogP contribution in [-0.2, 0) is 14.9 Å². The minimum Gasteiger partial charge on any atom is -0.387 e. The van der Waals surface area contributed by atoms with Crippen molar-refractivity contribution in [1.29, 1.82) is 0 Å². The smallest absolute Gasteiger partial charge is 0.267 e. The Balaban J connectivity index is 3.82. The monoisotopic (exact) mass is 627 g/mol. The molecule has 0 aliphatic carbocycles. The summed E-state index contributed by atoms with van der Waals surface area (Å²) in [6.07, 6.45) is 37.6. The van der Waals surface area contributed by atoms with Gasteiger partial charge in [-0.25, -0.2) is 0 Å². The van der Waals surface area contributed by atoms with Crippen LogP contribution in [0.15, 0.2) is 24.3 Å². The first-order valence-electron chi connectivity index (χ1n) is 18.0. The summed E-state index contributed by atoms with van der Waals surface area (Å²) in [4.78, 5) is 12.4. The van der Waals surface area contributed by atoms with E-state index in [1.807, 2.05) is 0 Å². The molecule has 0 saturated carbocycles. The SMILES string of the molecule is CCCC/C=C/CC/C=C/C(O)C(CS(=O)(=O)O)NC(=O)CCCCCCCCCCCCCCCCCCCCCC. The van der Waals surface area contributed by atoms with Crippen molar-refractivity contribution < 1.29 is 22.9 Å². The van der Waals surface area contributed by atoms with Gasteiger partial charge in [0.05, 0.1) is 17.9 Å². The third kappa shape index (κ3) is 32.0. The van der Waals surface area contributed by atoms with E-state index in [9.17, 15) is 22.9 Å². The molecule has 3 N–H and O–H groups in total. The van der Waals surface area contributed by atoms with E-state index in [2.05, 4.69) is 31.3 Å². The number of allylic oxidation sites excluding steroid dienone is 3. The Hall–Kier alpha value is -1.18. The Morgan fingerprint density at radius 2 is 1.00 bits per heavy atom. The van der Waals surface area contributed by atoms with Gasteiger partial charge in [-0.05, 0) is 25.7 Å². The first kappa shape index (κ1) is 41.8. The summed E-state index contributed by atoms with van der Waals surface area (Å²) in [6.45, 7) is 4.43. The highest BCUT2D eigenvalue weighted by molar-refractivity contribution is 7.85. The quantitative estimate of drug-likeness (QED) is 0.0391. The summed E-state index contributed by atoms with van der Waals surface area (Å²) in [5.41, 5.74) is 0. The molecule has 0 heterocycles. The van der Waals surface area contributed by atoms with Gasteiger partial charge in [-0.1, -0.05) is 173 Å². The number of aliphatic hydroxyl groups excluding tert-OH is 1. The zero-order valence-electron chi connectivity index (χ0n) is 28.1. The number of rotatable bonds is 32. The highest BCUT2D eigenvalue weighted by Gasteiger charge is 2.24. The molecular weight excluding hydrogens is 558 g/mol. The van der Waals surface area contributed by atoms with Crippen molar-refractivity contribution in [1.82, 2.24) is 5.32 Å². The minimum atomic E-state index is -4.34. The molecule has 2 unspecified atom stereocenters. The lowest BCUT2D eigenvalue weighted by Gasteiger charge is -2.21. The molecule has 254 valence electrons. The summed E-state index contributed by atoms with van der Waals surface area (Å²) in [5, 5.41) is 13.1. The molecule has 43 heavy (non-hydrogen) atoms. The molecule has 1 amide bonds. The van der Waals surface area contributed by atoms with Crippen molar-refractivity contribution in [3.63, 3.8) is 0 Å². The summed E-state index contributed by atoms with van der Waals surface area (Å²) in [7, 11) is -4.34. The van der Waals surface area contributed by atoms with Gasteiger partial charge in [0.25, 0.3) is 10.1 Å². The van der Waals surface area contributed by atoms with Gasteiger partial charge in [-0.3, -0.25) is 9.35 Å². The van der Waals surface area contributed by atoms with Crippen molar-refractivity contribution in [2.45, 2.75) is 193 Å². The summed E-state index contributed by atoms with van der Waals surface area (Å²) >= 11 is 0. The van der Waals surface area contributed by atoms with Gasteiger partial charge in [-0.2, -0.15) is 8.42 Å². The molecule has 0 aromatic heterocycles. The average Bonchev–Trinajstić information content (AvgIpc) is 2.96. The molecule has 0 aliphatic heterocycles. The highest BCUT2D eigenvalue weighted by Crippen LogP contribution is 2.15. The first-order valence-corrected chi connectivity index (χ1v) is 19.6. The van der Waals surface area contributed by atoms with E-state index in [0.29, 0.717) is 12.8 Å². The van der Waals surface area contributed by atoms with E-state index >= 15 is 0 Å². The van der Waals surface area contributed by atoms with E-state index in [4.69, 9.17) is 0 Å². The van der Waals surface area contributed by atoms with Crippen molar-refractivity contribution in [2.75, 3.05) is 5.75 Å². The molecule has 0 aliphatic rings. The molecule has 0 aromatic carbocycles. The van der Waals surface area contributed by atoms with Crippen LogP contribution in [0, 0.1) is 0 Å². The Morgan fingerprint density at radius 3 is 1.44 bits per heavy atom. The van der Waals surface area contributed by atoms with Gasteiger partial charge in [0.15, 0.2) is 0 Å². The number of hydrogen-bond donors (Lipinski definition) is 3. The topological polar surface area (TPSA) is 104 Å². The van der Waals surface area contributed by atoms with E-state index < -0.39 is 28.0 Å². The number of nitrogens with one attached hydrogen (secondary N) is 1.